The number of nitrogens with zero attached hydrogens (tertiary/aromatic N) is 3. The van der Waals surface area contributed by atoms with Gasteiger partial charge in [-0.15, -0.1) is 11.3 Å². The number of morpholine rings is 1. The van der Waals surface area contributed by atoms with Crippen molar-refractivity contribution in [3.8, 4) is 5.00 Å². The van der Waals surface area contributed by atoms with E-state index >= 15 is 0 Å². The van der Waals surface area contributed by atoms with Gasteiger partial charge in [-0.3, -0.25) is 4.57 Å². The molecule has 1 atom stereocenters. The molecule has 0 saturated carbocycles. The Labute approximate surface area is 164 Å². The molecular weight excluding hydrogens is 356 g/mol. The van der Waals surface area contributed by atoms with Crippen LogP contribution in [0.2, 0.25) is 0 Å². The molecule has 3 aromatic rings. The van der Waals surface area contributed by atoms with Gasteiger partial charge in [0.1, 0.15) is 10.8 Å². The standard InChI is InChI=1S/C21H26N4OS/c1-2-20-23-18-5-3-4-6-19(18)25(20)21-10-16(14-27-21)24-7-8-26-17(13-24)9-15-11-22-12-15/h3-6,10,14-15,17,22H,2,7-9,11-13H2,1H3. The molecule has 1 unspecified atom stereocenters. The van der Waals surface area contributed by atoms with Gasteiger partial charge >= 0.3 is 0 Å². The van der Waals surface area contributed by atoms with Gasteiger partial charge in [-0.2, -0.15) is 0 Å². The number of ether oxygens (including phenoxy) is 1. The quantitative estimate of drug-likeness (QED) is 0.734. The minimum Gasteiger partial charge on any atom is -0.375 e. The Morgan fingerprint density at radius 3 is 3.00 bits per heavy atom. The summed E-state index contributed by atoms with van der Waals surface area (Å²) in [5.41, 5.74) is 3.58. The average Bonchev–Trinajstić information content (AvgIpc) is 3.29. The van der Waals surface area contributed by atoms with Crippen LogP contribution in [0.5, 0.6) is 0 Å². The highest BCUT2D eigenvalue weighted by molar-refractivity contribution is 7.13. The normalized spacial score (nSPS) is 20.9. The first-order chi connectivity index (χ1) is 13.3. The molecule has 0 radical (unpaired) electrons. The zero-order valence-electron chi connectivity index (χ0n) is 15.7. The molecule has 0 amide bonds. The summed E-state index contributed by atoms with van der Waals surface area (Å²) in [6.07, 6.45) is 2.46. The minimum absolute atomic E-state index is 0.356. The maximum absolute atomic E-state index is 6.03. The highest BCUT2D eigenvalue weighted by Gasteiger charge is 2.27. The summed E-state index contributed by atoms with van der Waals surface area (Å²) in [6, 6.07) is 10.7. The Morgan fingerprint density at radius 2 is 2.19 bits per heavy atom. The molecule has 5 nitrogen and oxygen atoms in total. The second-order valence-electron chi connectivity index (χ2n) is 7.55. The van der Waals surface area contributed by atoms with Crippen LogP contribution in [0.1, 0.15) is 19.2 Å². The maximum atomic E-state index is 6.03. The molecule has 1 aromatic carbocycles. The van der Waals surface area contributed by atoms with Crippen molar-refractivity contribution >= 4 is 28.1 Å². The van der Waals surface area contributed by atoms with E-state index in [1.54, 1.807) is 11.3 Å². The number of fused-ring (bicyclic) bond motifs is 1. The molecular formula is C21H26N4OS. The van der Waals surface area contributed by atoms with Crippen LogP contribution in [0, 0.1) is 5.92 Å². The first-order valence-electron chi connectivity index (χ1n) is 9.94. The van der Waals surface area contributed by atoms with Crippen molar-refractivity contribution in [1.82, 2.24) is 14.9 Å². The number of nitrogens with one attached hydrogen (secondary N) is 1. The molecule has 2 fully saturated rings. The lowest BCUT2D eigenvalue weighted by Gasteiger charge is -2.37. The summed E-state index contributed by atoms with van der Waals surface area (Å²) >= 11 is 1.81. The van der Waals surface area contributed by atoms with E-state index in [0.717, 1.165) is 56.5 Å². The van der Waals surface area contributed by atoms with E-state index in [-0.39, 0.29) is 0 Å². The number of imidazole rings is 1. The van der Waals surface area contributed by atoms with Crippen molar-refractivity contribution in [3.63, 3.8) is 0 Å². The van der Waals surface area contributed by atoms with E-state index in [1.807, 2.05) is 0 Å². The zero-order valence-corrected chi connectivity index (χ0v) is 16.5. The number of benzene rings is 1. The van der Waals surface area contributed by atoms with E-state index in [1.165, 1.54) is 22.6 Å². The van der Waals surface area contributed by atoms with Gasteiger partial charge < -0.3 is 15.0 Å². The third kappa shape index (κ3) is 3.26. The molecule has 27 heavy (non-hydrogen) atoms. The average molecular weight is 383 g/mol. The number of thiophene rings is 1. The fraction of sp³-hybridized carbons (Fsp3) is 0.476. The van der Waals surface area contributed by atoms with Crippen LogP contribution in [0.15, 0.2) is 35.7 Å². The highest BCUT2D eigenvalue weighted by Crippen LogP contribution is 2.32. The Kier molecular flexibility index (Phi) is 4.63. The van der Waals surface area contributed by atoms with Gasteiger partial charge in [0.2, 0.25) is 0 Å². The summed E-state index contributed by atoms with van der Waals surface area (Å²) in [7, 11) is 0. The van der Waals surface area contributed by atoms with Gasteiger partial charge in [0, 0.05) is 30.6 Å². The van der Waals surface area contributed by atoms with Crippen molar-refractivity contribution in [3.05, 3.63) is 41.5 Å². The first-order valence-corrected chi connectivity index (χ1v) is 10.8. The van der Waals surface area contributed by atoms with E-state index in [2.05, 4.69) is 57.4 Å². The molecule has 2 aliphatic heterocycles. The first kappa shape index (κ1) is 17.2. The Hall–Kier alpha value is -1.89. The molecule has 1 N–H and O–H groups in total. The van der Waals surface area contributed by atoms with E-state index in [9.17, 15) is 0 Å². The van der Waals surface area contributed by atoms with Crippen LogP contribution in [0.3, 0.4) is 0 Å². The molecule has 2 saturated heterocycles. The SMILES string of the molecule is CCc1nc2ccccc2n1-c1cc(N2CCOC(CC3CNC3)C2)cs1. The molecule has 4 heterocycles. The van der Waals surface area contributed by atoms with Crippen LogP contribution in [0.4, 0.5) is 5.69 Å². The molecule has 142 valence electrons. The third-order valence-corrected chi connectivity index (χ3v) is 6.61. The van der Waals surface area contributed by atoms with Gasteiger partial charge in [0.05, 0.1) is 23.7 Å². The summed E-state index contributed by atoms with van der Waals surface area (Å²) < 4.78 is 8.35. The summed E-state index contributed by atoms with van der Waals surface area (Å²) in [4.78, 5) is 7.31. The topological polar surface area (TPSA) is 42.3 Å². The number of aryl methyl sites for hydroxylation is 1. The van der Waals surface area contributed by atoms with Gasteiger partial charge in [-0.25, -0.2) is 4.98 Å². The van der Waals surface area contributed by atoms with Gasteiger partial charge in [0.25, 0.3) is 0 Å². The summed E-state index contributed by atoms with van der Waals surface area (Å²) in [5.74, 6) is 1.92. The van der Waals surface area contributed by atoms with E-state index in [4.69, 9.17) is 9.72 Å². The summed E-state index contributed by atoms with van der Waals surface area (Å²) in [6.45, 7) is 7.27. The number of rotatable bonds is 5. The van der Waals surface area contributed by atoms with Crippen LogP contribution >= 0.6 is 11.3 Å². The molecule has 0 aliphatic carbocycles. The lowest BCUT2D eigenvalue weighted by atomic mass is 9.95. The number of hydrogen-bond acceptors (Lipinski definition) is 5. The Morgan fingerprint density at radius 1 is 1.30 bits per heavy atom. The number of hydrogen-bond donors (Lipinski definition) is 1. The molecule has 0 spiro atoms. The van der Waals surface area contributed by atoms with Crippen LogP contribution in [0.25, 0.3) is 16.0 Å². The molecule has 2 aliphatic rings. The highest BCUT2D eigenvalue weighted by atomic mass is 32.1. The monoisotopic (exact) mass is 382 g/mol. The predicted octanol–water partition coefficient (Wildman–Crippen LogP) is 3.46. The lowest BCUT2D eigenvalue weighted by molar-refractivity contribution is 0.0191. The number of para-hydroxylation sites is 2. The largest absolute Gasteiger partial charge is 0.375 e. The van der Waals surface area contributed by atoms with Gasteiger partial charge in [-0.1, -0.05) is 19.1 Å². The fourth-order valence-electron chi connectivity index (χ4n) is 4.14. The Balaban J connectivity index is 1.40. The van der Waals surface area contributed by atoms with E-state index < -0.39 is 0 Å². The molecule has 6 heteroatoms. The lowest BCUT2D eigenvalue weighted by Crippen LogP contribution is -2.48. The molecule has 0 bridgehead atoms. The van der Waals surface area contributed by atoms with Crippen molar-refractivity contribution in [2.45, 2.75) is 25.9 Å². The van der Waals surface area contributed by atoms with Crippen LogP contribution < -0.4 is 10.2 Å². The van der Waals surface area contributed by atoms with Crippen molar-refractivity contribution in [2.75, 3.05) is 37.7 Å². The van der Waals surface area contributed by atoms with E-state index in [0.29, 0.717) is 6.10 Å². The van der Waals surface area contributed by atoms with Gasteiger partial charge in [0.15, 0.2) is 0 Å². The summed E-state index contributed by atoms with van der Waals surface area (Å²) in [5, 5.41) is 6.90. The van der Waals surface area contributed by atoms with Gasteiger partial charge in [-0.05, 0) is 43.6 Å². The smallest absolute Gasteiger partial charge is 0.114 e. The number of anilines is 1. The number of aromatic nitrogens is 2. The molecule has 2 aromatic heterocycles. The second kappa shape index (κ2) is 7.26. The maximum Gasteiger partial charge on any atom is 0.114 e. The fourth-order valence-corrected chi connectivity index (χ4v) is 5.10. The third-order valence-electron chi connectivity index (χ3n) is 5.70. The van der Waals surface area contributed by atoms with Crippen LogP contribution in [-0.4, -0.2) is 48.4 Å². The van der Waals surface area contributed by atoms with Crippen molar-refractivity contribution in [2.24, 2.45) is 5.92 Å². The zero-order chi connectivity index (χ0) is 18.2. The second-order valence-corrected chi connectivity index (χ2v) is 8.44. The van der Waals surface area contributed by atoms with Crippen molar-refractivity contribution in [1.29, 1.82) is 0 Å². The Bertz CT molecular complexity index is 929. The minimum atomic E-state index is 0.356. The predicted molar refractivity (Wildman–Crippen MR) is 111 cm³/mol. The van der Waals surface area contributed by atoms with Crippen LogP contribution in [-0.2, 0) is 11.2 Å². The molecule has 5 rings (SSSR count). The van der Waals surface area contributed by atoms with Crippen molar-refractivity contribution < 1.29 is 4.74 Å².